The van der Waals surface area contributed by atoms with Crippen molar-refractivity contribution in [3.05, 3.63) is 0 Å². The summed E-state index contributed by atoms with van der Waals surface area (Å²) in [6, 6.07) is -0.127. The second-order valence-electron chi connectivity index (χ2n) is 15.2. The highest BCUT2D eigenvalue weighted by Gasteiger charge is 3.08. The SMILES string of the molecule is CC1(C)CC(NC(=O)C23C4CC5C(C42)C53C(=O)NC2CC(C)(C)N([O])C(C)(C)C2)CC(C)(C)N1[O]. The van der Waals surface area contributed by atoms with Crippen molar-refractivity contribution in [2.24, 2.45) is 34.5 Å². The van der Waals surface area contributed by atoms with Crippen LogP contribution >= 0.6 is 0 Å². The van der Waals surface area contributed by atoms with Crippen LogP contribution in [-0.4, -0.2) is 56.2 Å². The van der Waals surface area contributed by atoms with Crippen LogP contribution in [0.25, 0.3) is 0 Å². The van der Waals surface area contributed by atoms with Crippen LogP contribution in [0.3, 0.4) is 0 Å². The molecule has 2 aliphatic heterocycles. The monoisotopic (exact) mass is 486 g/mol. The number of hydroxylamine groups is 4. The quantitative estimate of drug-likeness (QED) is 0.638. The fourth-order valence-corrected chi connectivity index (χ4v) is 10.4. The number of hydrogen-bond donors (Lipinski definition) is 2. The highest BCUT2D eigenvalue weighted by molar-refractivity contribution is 6.05. The number of rotatable bonds is 4. The smallest absolute Gasteiger partial charge is 0.228 e. The van der Waals surface area contributed by atoms with Crippen molar-refractivity contribution < 1.29 is 20.0 Å². The molecule has 7 fully saturated rings. The summed E-state index contributed by atoms with van der Waals surface area (Å²) >= 11 is 0. The van der Waals surface area contributed by atoms with E-state index in [-0.39, 0.29) is 23.9 Å². The largest absolute Gasteiger partial charge is 0.353 e. The Labute approximate surface area is 209 Å². The lowest BCUT2D eigenvalue weighted by atomic mass is 9.69. The first-order chi connectivity index (χ1) is 15.9. The summed E-state index contributed by atoms with van der Waals surface area (Å²) in [5.74, 6) is 1.47. The molecule has 8 nitrogen and oxygen atoms in total. The van der Waals surface area contributed by atoms with Gasteiger partial charge in [-0.15, -0.1) is 20.5 Å². The summed E-state index contributed by atoms with van der Waals surface area (Å²) in [6.45, 7) is 15.6. The van der Waals surface area contributed by atoms with Crippen molar-refractivity contribution in [1.82, 2.24) is 20.8 Å². The average molecular weight is 487 g/mol. The number of nitrogens with one attached hydrogen (secondary N) is 2. The summed E-state index contributed by atoms with van der Waals surface area (Å²) in [7, 11) is 0. The molecule has 5 saturated carbocycles. The van der Waals surface area contributed by atoms with Crippen molar-refractivity contribution in [3.63, 3.8) is 0 Å². The molecule has 0 spiro atoms. The summed E-state index contributed by atoms with van der Waals surface area (Å²) in [5.41, 5.74) is -3.27. The molecule has 7 aliphatic rings. The maximum absolute atomic E-state index is 13.9. The Bertz CT molecular complexity index is 876. The molecule has 0 aromatic rings. The lowest BCUT2D eigenvalue weighted by Crippen LogP contribution is -2.65. The van der Waals surface area contributed by atoms with Crippen molar-refractivity contribution in [2.75, 3.05) is 0 Å². The third-order valence-electron chi connectivity index (χ3n) is 11.1. The lowest BCUT2D eigenvalue weighted by molar-refractivity contribution is -0.290. The number of carbonyl (C=O) groups is 2. The first-order valence-corrected chi connectivity index (χ1v) is 13.5. The topological polar surface area (TPSA) is 104 Å². The molecule has 2 bridgehead atoms. The van der Waals surface area contributed by atoms with Gasteiger partial charge in [0.1, 0.15) is 0 Å². The Kier molecular flexibility index (Phi) is 4.43. The van der Waals surface area contributed by atoms with Gasteiger partial charge in [-0.3, -0.25) is 9.59 Å². The fraction of sp³-hybridized carbons (Fsp3) is 0.926. The van der Waals surface area contributed by atoms with Crippen LogP contribution in [0.2, 0.25) is 0 Å². The van der Waals surface area contributed by atoms with E-state index >= 15 is 0 Å². The fourth-order valence-electron chi connectivity index (χ4n) is 10.4. The van der Waals surface area contributed by atoms with Gasteiger partial charge in [0, 0.05) is 34.2 Å². The minimum atomic E-state index is -0.546. The molecule has 7 rings (SSSR count). The zero-order valence-corrected chi connectivity index (χ0v) is 22.5. The van der Waals surface area contributed by atoms with Gasteiger partial charge < -0.3 is 10.6 Å². The Balaban J connectivity index is 1.19. The molecule has 6 atom stereocenters. The van der Waals surface area contributed by atoms with Gasteiger partial charge in [-0.25, -0.2) is 0 Å². The van der Waals surface area contributed by atoms with Gasteiger partial charge in [0.25, 0.3) is 0 Å². The minimum Gasteiger partial charge on any atom is -0.353 e. The molecular formula is C27H42N4O4. The van der Waals surface area contributed by atoms with Crippen LogP contribution in [0.4, 0.5) is 0 Å². The Morgan fingerprint density at radius 2 is 0.886 bits per heavy atom. The second-order valence-corrected chi connectivity index (χ2v) is 15.2. The van der Waals surface area contributed by atoms with Gasteiger partial charge in [0.2, 0.25) is 11.8 Å². The Morgan fingerprint density at radius 3 is 1.14 bits per heavy atom. The van der Waals surface area contributed by atoms with E-state index in [0.29, 0.717) is 49.4 Å². The van der Waals surface area contributed by atoms with E-state index in [1.54, 1.807) is 0 Å². The average Bonchev–Trinajstić information content (AvgIpc) is 3.33. The highest BCUT2D eigenvalue weighted by atomic mass is 16.5. The first-order valence-electron chi connectivity index (χ1n) is 13.5. The van der Waals surface area contributed by atoms with Gasteiger partial charge in [-0.2, -0.15) is 0 Å². The molecule has 0 aromatic carbocycles. The van der Waals surface area contributed by atoms with E-state index < -0.39 is 33.0 Å². The second kappa shape index (κ2) is 6.43. The maximum atomic E-state index is 13.9. The predicted molar refractivity (Wildman–Crippen MR) is 127 cm³/mol. The molecular weight excluding hydrogens is 444 g/mol. The lowest BCUT2D eigenvalue weighted by Gasteiger charge is -2.51. The number of carbonyl (C=O) groups excluding carboxylic acids is 2. The van der Waals surface area contributed by atoms with Crippen LogP contribution in [0, 0.1) is 34.5 Å². The molecule has 2 N–H and O–H groups in total. The van der Waals surface area contributed by atoms with Crippen LogP contribution in [0.15, 0.2) is 0 Å². The number of piperidine rings is 2. The van der Waals surface area contributed by atoms with E-state index in [9.17, 15) is 20.0 Å². The van der Waals surface area contributed by atoms with E-state index in [1.807, 2.05) is 55.4 Å². The van der Waals surface area contributed by atoms with Crippen molar-refractivity contribution in [1.29, 1.82) is 0 Å². The standard InChI is InChI=1S/C27H42N4O4/c1-22(2)10-14(11-23(3,4)30(22)34)28-20(32)26-16-9-17-19(18(16)26)27(17,26)21(33)29-15-12-24(5,6)31(35)25(7,8)13-15/h14-19H,9-13H2,1-8H3,(H,28,32)(H,29,33). The molecule has 194 valence electrons. The molecule has 5 aliphatic carbocycles. The molecule has 0 aromatic heterocycles. The molecule has 2 amide bonds. The minimum absolute atomic E-state index is 0.0462. The molecule has 2 heterocycles. The zero-order valence-electron chi connectivity index (χ0n) is 22.5. The van der Waals surface area contributed by atoms with Crippen molar-refractivity contribution in [3.8, 4) is 0 Å². The summed E-state index contributed by atoms with van der Waals surface area (Å²) < 4.78 is 0. The zero-order chi connectivity index (χ0) is 25.7. The van der Waals surface area contributed by atoms with Gasteiger partial charge >= 0.3 is 0 Å². The summed E-state index contributed by atoms with van der Waals surface area (Å²) in [5, 5.41) is 34.6. The van der Waals surface area contributed by atoms with Crippen molar-refractivity contribution in [2.45, 2.75) is 122 Å². The van der Waals surface area contributed by atoms with Crippen LogP contribution in [0.5, 0.6) is 0 Å². The van der Waals surface area contributed by atoms with Gasteiger partial charge in [0.15, 0.2) is 0 Å². The summed E-state index contributed by atoms with van der Waals surface area (Å²) in [4.78, 5) is 27.7. The molecule has 2 saturated heterocycles. The third-order valence-corrected chi connectivity index (χ3v) is 11.1. The maximum Gasteiger partial charge on any atom is 0.228 e. The van der Waals surface area contributed by atoms with E-state index in [1.165, 1.54) is 10.1 Å². The number of nitrogens with zero attached hydrogens (tertiary/aromatic N) is 2. The Hall–Kier alpha value is -1.22. The normalized spacial score (nSPS) is 46.3. The molecule has 8 heteroatoms. The van der Waals surface area contributed by atoms with Gasteiger partial charge in [0.05, 0.1) is 10.8 Å². The van der Waals surface area contributed by atoms with Crippen LogP contribution in [-0.2, 0) is 20.0 Å². The van der Waals surface area contributed by atoms with Crippen LogP contribution in [0.1, 0.15) is 87.5 Å². The molecule has 2 radical (unpaired) electrons. The van der Waals surface area contributed by atoms with E-state index in [4.69, 9.17) is 0 Å². The van der Waals surface area contributed by atoms with E-state index in [2.05, 4.69) is 10.6 Å². The number of hydrogen-bond acceptors (Lipinski definition) is 4. The molecule has 35 heavy (non-hydrogen) atoms. The van der Waals surface area contributed by atoms with Crippen LogP contribution < -0.4 is 10.6 Å². The first kappa shape index (κ1) is 24.1. The van der Waals surface area contributed by atoms with Crippen molar-refractivity contribution >= 4 is 11.8 Å². The molecule has 6 unspecified atom stereocenters. The van der Waals surface area contributed by atoms with E-state index in [0.717, 1.165) is 6.42 Å². The predicted octanol–water partition coefficient (Wildman–Crippen LogP) is 2.84. The Morgan fingerprint density at radius 1 is 0.600 bits per heavy atom. The summed E-state index contributed by atoms with van der Waals surface area (Å²) in [6.07, 6.45) is 3.44. The van der Waals surface area contributed by atoms with Gasteiger partial charge in [-0.1, -0.05) is 0 Å². The van der Waals surface area contributed by atoms with Gasteiger partial charge in [-0.05, 0) is 111 Å². The highest BCUT2D eigenvalue weighted by Crippen LogP contribution is 3.04. The third kappa shape index (κ3) is 2.67. The number of amides is 2.